The molecular weight excluding hydrogens is 268 g/mol. The van der Waals surface area contributed by atoms with Gasteiger partial charge in [-0.2, -0.15) is 0 Å². The molecule has 0 aromatic rings. The number of hydrogen-bond acceptors (Lipinski definition) is 5. The van der Waals surface area contributed by atoms with Crippen molar-refractivity contribution >= 4 is 16.6 Å². The van der Waals surface area contributed by atoms with E-state index in [4.69, 9.17) is 9.47 Å². The van der Waals surface area contributed by atoms with Crippen LogP contribution < -0.4 is 0 Å². The molecule has 1 saturated heterocycles. The summed E-state index contributed by atoms with van der Waals surface area (Å²) in [6.45, 7) is 9.51. The number of carbonyl (C=O) groups is 1. The first-order valence-electron chi connectivity index (χ1n) is 6.45. The van der Waals surface area contributed by atoms with E-state index in [-0.39, 0.29) is 11.5 Å². The van der Waals surface area contributed by atoms with Gasteiger partial charge in [-0.05, 0) is 27.7 Å². The molecule has 0 aromatic carbocycles. The van der Waals surface area contributed by atoms with E-state index in [9.17, 15) is 14.1 Å². The van der Waals surface area contributed by atoms with Crippen molar-refractivity contribution in [3.8, 4) is 0 Å². The fourth-order valence-corrected chi connectivity index (χ4v) is 2.76. The average molecular weight is 292 g/mol. The Morgan fingerprint density at radius 3 is 2.26 bits per heavy atom. The molecule has 1 fully saturated rings. The number of aliphatic hydroxyl groups is 1. The molecule has 112 valence electrons. The third kappa shape index (κ3) is 4.08. The maximum Gasteiger partial charge on any atom is 0.192 e. The summed E-state index contributed by atoms with van der Waals surface area (Å²) in [6.07, 6.45) is -1.06. The number of carbonyl (C=O) groups excluding carboxylic acids is 1. The molecule has 0 aromatic heterocycles. The van der Waals surface area contributed by atoms with E-state index >= 15 is 0 Å². The van der Waals surface area contributed by atoms with Gasteiger partial charge in [-0.15, -0.1) is 0 Å². The molecule has 1 aliphatic heterocycles. The van der Waals surface area contributed by atoms with Gasteiger partial charge in [0.05, 0.1) is 19.0 Å². The summed E-state index contributed by atoms with van der Waals surface area (Å²) >= 11 is 0. The summed E-state index contributed by atoms with van der Waals surface area (Å²) in [5.74, 6) is -2.11. The Morgan fingerprint density at radius 2 is 1.84 bits per heavy atom. The van der Waals surface area contributed by atoms with Gasteiger partial charge in [0.25, 0.3) is 0 Å². The largest absolute Gasteiger partial charge is 0.387 e. The Morgan fingerprint density at radius 1 is 1.37 bits per heavy atom. The van der Waals surface area contributed by atoms with Gasteiger partial charge in [-0.3, -0.25) is 9.00 Å². The molecule has 1 aliphatic rings. The van der Waals surface area contributed by atoms with Gasteiger partial charge < -0.3 is 14.6 Å². The van der Waals surface area contributed by atoms with Crippen LogP contribution in [-0.4, -0.2) is 50.7 Å². The lowest BCUT2D eigenvalue weighted by atomic mass is 9.94. The highest BCUT2D eigenvalue weighted by Crippen LogP contribution is 2.28. The van der Waals surface area contributed by atoms with E-state index in [0.717, 1.165) is 0 Å². The van der Waals surface area contributed by atoms with Crippen LogP contribution in [0.25, 0.3) is 0 Å². The van der Waals surface area contributed by atoms with Crippen LogP contribution in [0.2, 0.25) is 0 Å². The van der Waals surface area contributed by atoms with Crippen molar-refractivity contribution < 1.29 is 23.6 Å². The van der Waals surface area contributed by atoms with Gasteiger partial charge in [-0.1, -0.05) is 6.92 Å². The third-order valence-electron chi connectivity index (χ3n) is 3.34. The number of ether oxygens (including phenoxy) is 2. The molecule has 0 unspecified atom stereocenters. The van der Waals surface area contributed by atoms with Crippen LogP contribution in [0.5, 0.6) is 0 Å². The summed E-state index contributed by atoms with van der Waals surface area (Å²) in [4.78, 5) is 12.1. The first kappa shape index (κ1) is 16.8. The lowest BCUT2D eigenvalue weighted by molar-refractivity contribution is -0.218. The Bertz CT molecular complexity index is 355. The third-order valence-corrected chi connectivity index (χ3v) is 5.25. The fourth-order valence-electron chi connectivity index (χ4n) is 1.81. The fraction of sp³-hybridized carbons (Fsp3) is 0.923. The number of Topliss-reactive ketones (excluding diaryl/α,β-unsaturated/α-hetero) is 1. The van der Waals surface area contributed by atoms with Gasteiger partial charge in [0, 0.05) is 21.5 Å². The van der Waals surface area contributed by atoms with Gasteiger partial charge in [0.15, 0.2) is 11.6 Å². The van der Waals surface area contributed by atoms with Crippen molar-refractivity contribution in [3.05, 3.63) is 0 Å². The van der Waals surface area contributed by atoms with Gasteiger partial charge in [-0.25, -0.2) is 0 Å². The monoisotopic (exact) mass is 292 g/mol. The van der Waals surface area contributed by atoms with Crippen molar-refractivity contribution in [1.29, 1.82) is 0 Å². The SMILES string of the molecule is C[C@@H](C(=O)C[S@@](=O)C(C)(C)C)[C@@H](O)C1(C)OCCO1. The minimum absolute atomic E-state index is 0.0577. The lowest BCUT2D eigenvalue weighted by Gasteiger charge is -2.31. The minimum Gasteiger partial charge on any atom is -0.387 e. The van der Waals surface area contributed by atoms with Gasteiger partial charge in [0.2, 0.25) is 0 Å². The highest BCUT2D eigenvalue weighted by molar-refractivity contribution is 7.87. The Balaban J connectivity index is 2.64. The van der Waals surface area contributed by atoms with Crippen LogP contribution in [0.3, 0.4) is 0 Å². The van der Waals surface area contributed by atoms with E-state index in [1.165, 1.54) is 0 Å². The minimum atomic E-state index is -1.26. The number of hydrogen-bond donors (Lipinski definition) is 1. The average Bonchev–Trinajstić information content (AvgIpc) is 2.74. The van der Waals surface area contributed by atoms with Crippen LogP contribution >= 0.6 is 0 Å². The zero-order chi connectivity index (χ0) is 14.8. The summed E-state index contributed by atoms with van der Waals surface area (Å²) in [5, 5.41) is 10.2. The van der Waals surface area contributed by atoms with Crippen molar-refractivity contribution in [2.24, 2.45) is 5.92 Å². The highest BCUT2D eigenvalue weighted by atomic mass is 32.2. The quantitative estimate of drug-likeness (QED) is 0.814. The first-order chi connectivity index (χ1) is 8.58. The molecule has 6 heteroatoms. The highest BCUT2D eigenvalue weighted by Gasteiger charge is 2.44. The molecule has 19 heavy (non-hydrogen) atoms. The maximum absolute atomic E-state index is 12.1. The van der Waals surface area contributed by atoms with E-state index in [1.807, 2.05) is 20.8 Å². The zero-order valence-electron chi connectivity index (χ0n) is 12.3. The van der Waals surface area contributed by atoms with Crippen molar-refractivity contribution in [2.75, 3.05) is 19.0 Å². The van der Waals surface area contributed by atoms with Crippen LogP contribution in [0.15, 0.2) is 0 Å². The second kappa shape index (κ2) is 5.99. The molecule has 1 N–H and O–H groups in total. The van der Waals surface area contributed by atoms with Crippen LogP contribution in [-0.2, 0) is 25.1 Å². The maximum atomic E-state index is 12.1. The summed E-state index contributed by atoms with van der Waals surface area (Å²) in [7, 11) is -1.26. The molecule has 3 atom stereocenters. The Hall–Kier alpha value is -0.300. The molecule has 1 rings (SSSR count). The smallest absolute Gasteiger partial charge is 0.192 e. The number of rotatable bonds is 5. The van der Waals surface area contributed by atoms with Crippen molar-refractivity contribution in [3.63, 3.8) is 0 Å². The van der Waals surface area contributed by atoms with Crippen LogP contribution in [0, 0.1) is 5.92 Å². The standard InChI is InChI=1S/C13H24O5S/c1-9(10(14)8-19(16)12(2,3)4)11(15)13(5)17-6-7-18-13/h9,11,15H,6-8H2,1-5H3/t9-,11+,19+/m0/s1. The van der Waals surface area contributed by atoms with E-state index in [2.05, 4.69) is 0 Å². The van der Waals surface area contributed by atoms with E-state index < -0.39 is 33.4 Å². The molecule has 0 aliphatic carbocycles. The number of aliphatic hydroxyl groups excluding tert-OH is 1. The van der Waals surface area contributed by atoms with Gasteiger partial charge >= 0.3 is 0 Å². The molecular formula is C13H24O5S. The topological polar surface area (TPSA) is 72.8 Å². The van der Waals surface area contributed by atoms with Gasteiger partial charge in [0.1, 0.15) is 6.10 Å². The first-order valence-corrected chi connectivity index (χ1v) is 7.77. The van der Waals surface area contributed by atoms with Crippen molar-refractivity contribution in [1.82, 2.24) is 0 Å². The van der Waals surface area contributed by atoms with Crippen LogP contribution in [0.4, 0.5) is 0 Å². The predicted molar refractivity (Wildman–Crippen MR) is 73.2 cm³/mol. The van der Waals surface area contributed by atoms with Crippen molar-refractivity contribution in [2.45, 2.75) is 51.3 Å². The molecule has 0 saturated carbocycles. The lowest BCUT2D eigenvalue weighted by Crippen LogP contribution is -2.47. The zero-order valence-corrected chi connectivity index (χ0v) is 13.1. The Kier molecular flexibility index (Phi) is 5.28. The second-order valence-corrected chi connectivity index (χ2v) is 8.22. The predicted octanol–water partition coefficient (Wildman–Crippen LogP) is 0.863. The molecule has 0 spiro atoms. The summed E-state index contributed by atoms with van der Waals surface area (Å²) in [5.41, 5.74) is 0. The summed E-state index contributed by atoms with van der Waals surface area (Å²) in [6, 6.07) is 0. The molecule has 5 nitrogen and oxygen atoms in total. The molecule has 0 bridgehead atoms. The van der Waals surface area contributed by atoms with E-state index in [0.29, 0.717) is 13.2 Å². The molecule has 1 heterocycles. The normalized spacial score (nSPS) is 23.9. The Labute approximate surface area is 117 Å². The van der Waals surface area contributed by atoms with Crippen LogP contribution in [0.1, 0.15) is 34.6 Å². The summed E-state index contributed by atoms with van der Waals surface area (Å²) < 4.78 is 22.2. The van der Waals surface area contributed by atoms with E-state index in [1.54, 1.807) is 13.8 Å². The number of ketones is 1. The molecule has 0 amide bonds. The second-order valence-electron chi connectivity index (χ2n) is 6.01. The molecule has 0 radical (unpaired) electrons.